The van der Waals surface area contributed by atoms with Crippen molar-refractivity contribution in [2.75, 3.05) is 14.1 Å². The second-order valence-corrected chi connectivity index (χ2v) is 3.89. The van der Waals surface area contributed by atoms with Crippen molar-refractivity contribution < 1.29 is 9.72 Å². The molecule has 0 radical (unpaired) electrons. The van der Waals surface area contributed by atoms with Crippen LogP contribution in [0.4, 0.5) is 5.69 Å². The molecule has 0 aromatic heterocycles. The quantitative estimate of drug-likeness (QED) is 0.443. The van der Waals surface area contributed by atoms with Gasteiger partial charge in [0.1, 0.15) is 0 Å². The van der Waals surface area contributed by atoms with E-state index in [-0.39, 0.29) is 11.5 Å². The molecular weight excluding hydrogens is 208 g/mol. The van der Waals surface area contributed by atoms with Gasteiger partial charge in [0, 0.05) is 23.7 Å². The number of benzene rings is 1. The summed E-state index contributed by atoms with van der Waals surface area (Å²) < 4.78 is 0. The SMILES string of the molecule is CC(=O)c1ccc(CN(C)C)c([N+](=O)[O-])c1. The lowest BCUT2D eigenvalue weighted by Gasteiger charge is -2.10. The van der Waals surface area contributed by atoms with Crippen molar-refractivity contribution >= 4 is 11.5 Å². The van der Waals surface area contributed by atoms with Gasteiger partial charge in [-0.3, -0.25) is 14.9 Å². The van der Waals surface area contributed by atoms with E-state index in [1.165, 1.54) is 13.0 Å². The molecule has 86 valence electrons. The highest BCUT2D eigenvalue weighted by Gasteiger charge is 2.16. The molecular formula is C11H14N2O3. The van der Waals surface area contributed by atoms with Crippen molar-refractivity contribution in [2.24, 2.45) is 0 Å². The third-order valence-electron chi connectivity index (χ3n) is 2.18. The molecule has 0 unspecified atom stereocenters. The number of nitrogens with zero attached hydrogens (tertiary/aromatic N) is 2. The van der Waals surface area contributed by atoms with Crippen molar-refractivity contribution in [2.45, 2.75) is 13.5 Å². The van der Waals surface area contributed by atoms with Crippen LogP contribution in [0.25, 0.3) is 0 Å². The molecule has 1 aromatic rings. The molecule has 1 aromatic carbocycles. The van der Waals surface area contributed by atoms with Crippen LogP contribution in [0.2, 0.25) is 0 Å². The van der Waals surface area contributed by atoms with Gasteiger partial charge in [0.25, 0.3) is 5.69 Å². The second kappa shape index (κ2) is 4.85. The molecule has 0 aliphatic heterocycles. The summed E-state index contributed by atoms with van der Waals surface area (Å²) in [6.45, 7) is 1.87. The van der Waals surface area contributed by atoms with E-state index >= 15 is 0 Å². The smallest absolute Gasteiger partial charge is 0.274 e. The summed E-state index contributed by atoms with van der Waals surface area (Å²) in [7, 11) is 3.67. The lowest BCUT2D eigenvalue weighted by Crippen LogP contribution is -2.12. The van der Waals surface area contributed by atoms with Crippen LogP contribution in [-0.4, -0.2) is 29.7 Å². The Morgan fingerprint density at radius 2 is 2.06 bits per heavy atom. The number of rotatable bonds is 4. The van der Waals surface area contributed by atoms with Crippen LogP contribution in [0.15, 0.2) is 18.2 Å². The lowest BCUT2D eigenvalue weighted by atomic mass is 10.1. The van der Waals surface area contributed by atoms with Crippen LogP contribution in [0, 0.1) is 10.1 Å². The molecule has 0 aliphatic carbocycles. The summed E-state index contributed by atoms with van der Waals surface area (Å²) in [5.74, 6) is -0.167. The topological polar surface area (TPSA) is 63.5 Å². The molecule has 0 fully saturated rings. The average molecular weight is 222 g/mol. The van der Waals surface area contributed by atoms with Gasteiger partial charge in [-0.15, -0.1) is 0 Å². The van der Waals surface area contributed by atoms with Crippen LogP contribution < -0.4 is 0 Å². The molecule has 0 saturated heterocycles. The maximum absolute atomic E-state index is 11.1. The normalized spacial score (nSPS) is 10.5. The lowest BCUT2D eigenvalue weighted by molar-refractivity contribution is -0.385. The minimum atomic E-state index is -0.453. The predicted molar refractivity (Wildman–Crippen MR) is 60.5 cm³/mol. The summed E-state index contributed by atoms with van der Waals surface area (Å²) in [5, 5.41) is 10.9. The highest BCUT2D eigenvalue weighted by Crippen LogP contribution is 2.21. The van der Waals surface area contributed by atoms with Gasteiger partial charge in [0.05, 0.1) is 4.92 Å². The molecule has 0 bridgehead atoms. The Hall–Kier alpha value is -1.75. The number of nitro benzene ring substituents is 1. The minimum Gasteiger partial charge on any atom is -0.305 e. The van der Waals surface area contributed by atoms with Crippen LogP contribution in [0.3, 0.4) is 0 Å². The molecule has 0 amide bonds. The molecule has 5 nitrogen and oxygen atoms in total. The van der Waals surface area contributed by atoms with Gasteiger partial charge < -0.3 is 4.90 Å². The Morgan fingerprint density at radius 1 is 1.44 bits per heavy atom. The highest BCUT2D eigenvalue weighted by atomic mass is 16.6. The van der Waals surface area contributed by atoms with Crippen molar-refractivity contribution in [1.29, 1.82) is 0 Å². The Labute approximate surface area is 93.8 Å². The molecule has 0 heterocycles. The van der Waals surface area contributed by atoms with Gasteiger partial charge in [-0.05, 0) is 21.0 Å². The largest absolute Gasteiger partial charge is 0.305 e. The second-order valence-electron chi connectivity index (χ2n) is 3.89. The monoisotopic (exact) mass is 222 g/mol. The number of Topliss-reactive ketones (excluding diaryl/α,β-unsaturated/α-hetero) is 1. The standard InChI is InChI=1S/C11H14N2O3/c1-8(14)9-4-5-10(7-12(2)3)11(6-9)13(15)16/h4-6H,7H2,1-3H3. The van der Waals surface area contributed by atoms with E-state index in [1.54, 1.807) is 12.1 Å². The number of ketones is 1. The van der Waals surface area contributed by atoms with Gasteiger partial charge in [0.2, 0.25) is 0 Å². The van der Waals surface area contributed by atoms with Gasteiger partial charge >= 0.3 is 0 Å². The van der Waals surface area contributed by atoms with Gasteiger partial charge in [-0.25, -0.2) is 0 Å². The molecule has 0 atom stereocenters. The summed E-state index contributed by atoms with van der Waals surface area (Å²) in [6, 6.07) is 4.59. The van der Waals surface area contributed by atoms with Gasteiger partial charge in [-0.1, -0.05) is 12.1 Å². The maximum atomic E-state index is 11.1. The third-order valence-corrected chi connectivity index (χ3v) is 2.18. The van der Waals surface area contributed by atoms with Crippen LogP contribution in [-0.2, 0) is 6.54 Å². The molecule has 5 heteroatoms. The van der Waals surface area contributed by atoms with E-state index < -0.39 is 4.92 Å². The van der Waals surface area contributed by atoms with E-state index in [0.717, 1.165) is 0 Å². The highest BCUT2D eigenvalue weighted by molar-refractivity contribution is 5.94. The van der Waals surface area contributed by atoms with Crippen LogP contribution in [0.1, 0.15) is 22.8 Å². The van der Waals surface area contributed by atoms with E-state index in [9.17, 15) is 14.9 Å². The summed E-state index contributed by atoms with van der Waals surface area (Å²) in [6.07, 6.45) is 0. The first kappa shape index (κ1) is 12.3. The van der Waals surface area contributed by atoms with Crippen molar-refractivity contribution in [3.05, 3.63) is 39.4 Å². The molecule has 0 N–H and O–H groups in total. The molecule has 0 aliphatic rings. The van der Waals surface area contributed by atoms with E-state index in [0.29, 0.717) is 17.7 Å². The summed E-state index contributed by atoms with van der Waals surface area (Å²) in [5.41, 5.74) is 0.982. The Bertz CT molecular complexity index is 427. The zero-order valence-electron chi connectivity index (χ0n) is 9.56. The number of carbonyl (C=O) groups excluding carboxylic acids is 1. The summed E-state index contributed by atoms with van der Waals surface area (Å²) in [4.78, 5) is 23.4. The zero-order chi connectivity index (χ0) is 12.3. The summed E-state index contributed by atoms with van der Waals surface area (Å²) >= 11 is 0. The van der Waals surface area contributed by atoms with E-state index in [2.05, 4.69) is 0 Å². The Kier molecular flexibility index (Phi) is 3.73. The number of hydrogen-bond acceptors (Lipinski definition) is 4. The fourth-order valence-corrected chi connectivity index (χ4v) is 1.43. The number of carbonyl (C=O) groups is 1. The number of hydrogen-bond donors (Lipinski definition) is 0. The average Bonchev–Trinajstić information content (AvgIpc) is 2.16. The molecule has 0 spiro atoms. The Balaban J connectivity index is 3.19. The van der Waals surface area contributed by atoms with Crippen LogP contribution in [0.5, 0.6) is 0 Å². The first-order valence-electron chi connectivity index (χ1n) is 4.85. The zero-order valence-corrected chi connectivity index (χ0v) is 9.56. The van der Waals surface area contributed by atoms with Crippen molar-refractivity contribution in [3.63, 3.8) is 0 Å². The third kappa shape index (κ3) is 2.87. The Morgan fingerprint density at radius 3 is 2.50 bits per heavy atom. The molecule has 1 rings (SSSR count). The first-order valence-corrected chi connectivity index (χ1v) is 4.85. The van der Waals surface area contributed by atoms with E-state index in [1.807, 2.05) is 19.0 Å². The first-order chi connectivity index (χ1) is 7.41. The maximum Gasteiger partial charge on any atom is 0.274 e. The molecule has 16 heavy (non-hydrogen) atoms. The van der Waals surface area contributed by atoms with E-state index in [4.69, 9.17) is 0 Å². The molecule has 0 saturated carbocycles. The minimum absolute atomic E-state index is 0.00130. The van der Waals surface area contributed by atoms with Crippen molar-refractivity contribution in [1.82, 2.24) is 4.90 Å². The number of nitro groups is 1. The van der Waals surface area contributed by atoms with Crippen molar-refractivity contribution in [3.8, 4) is 0 Å². The fraction of sp³-hybridized carbons (Fsp3) is 0.364. The van der Waals surface area contributed by atoms with Gasteiger partial charge in [0.15, 0.2) is 5.78 Å². The van der Waals surface area contributed by atoms with Gasteiger partial charge in [-0.2, -0.15) is 0 Å². The van der Waals surface area contributed by atoms with Crippen LogP contribution >= 0.6 is 0 Å². The predicted octanol–water partition coefficient (Wildman–Crippen LogP) is 1.86. The fourth-order valence-electron chi connectivity index (χ4n) is 1.43.